The highest BCUT2D eigenvalue weighted by Crippen LogP contribution is 2.28. The SMILES string of the molecule is CN(C)CCNC(=O)[C@H]1CCCN(c2ccc(Sc3ccc(Br)cc3)nn2)C1. The van der Waals surface area contributed by atoms with Crippen molar-refractivity contribution in [2.24, 2.45) is 5.92 Å². The zero-order valence-corrected chi connectivity index (χ0v) is 18.7. The smallest absolute Gasteiger partial charge is 0.224 e. The maximum atomic E-state index is 12.4. The molecular formula is C20H26BrN5OS. The number of aromatic nitrogens is 2. The maximum absolute atomic E-state index is 12.4. The molecule has 0 aliphatic carbocycles. The summed E-state index contributed by atoms with van der Waals surface area (Å²) in [5.74, 6) is 0.988. The van der Waals surface area contributed by atoms with Gasteiger partial charge in [-0.25, -0.2) is 0 Å². The highest BCUT2D eigenvalue weighted by atomic mass is 79.9. The number of benzene rings is 1. The first-order chi connectivity index (χ1) is 13.5. The van der Waals surface area contributed by atoms with Crippen molar-refractivity contribution in [3.8, 4) is 0 Å². The second-order valence-corrected chi connectivity index (χ2v) is 9.17. The molecule has 0 saturated carbocycles. The van der Waals surface area contributed by atoms with Gasteiger partial charge >= 0.3 is 0 Å². The molecule has 1 N–H and O–H groups in total. The molecule has 3 rings (SSSR count). The molecule has 28 heavy (non-hydrogen) atoms. The molecule has 0 radical (unpaired) electrons. The first-order valence-electron chi connectivity index (χ1n) is 9.46. The predicted molar refractivity (Wildman–Crippen MR) is 117 cm³/mol. The Morgan fingerprint density at radius 2 is 2.04 bits per heavy atom. The van der Waals surface area contributed by atoms with Gasteiger partial charge in [0.1, 0.15) is 5.03 Å². The molecule has 2 aromatic rings. The quantitative estimate of drug-likeness (QED) is 0.679. The third kappa shape index (κ3) is 6.18. The Labute approximate surface area is 179 Å². The van der Waals surface area contributed by atoms with Crippen molar-refractivity contribution < 1.29 is 4.79 Å². The number of carbonyl (C=O) groups excluding carboxylic acids is 1. The van der Waals surface area contributed by atoms with Crippen LogP contribution in [0.4, 0.5) is 5.82 Å². The Kier molecular flexibility index (Phi) is 7.70. The van der Waals surface area contributed by atoms with E-state index >= 15 is 0 Å². The maximum Gasteiger partial charge on any atom is 0.224 e. The van der Waals surface area contributed by atoms with E-state index < -0.39 is 0 Å². The van der Waals surface area contributed by atoms with Gasteiger partial charge in [0, 0.05) is 35.5 Å². The summed E-state index contributed by atoms with van der Waals surface area (Å²) in [7, 11) is 4.01. The van der Waals surface area contributed by atoms with Crippen LogP contribution in [0, 0.1) is 5.92 Å². The summed E-state index contributed by atoms with van der Waals surface area (Å²) < 4.78 is 1.06. The lowest BCUT2D eigenvalue weighted by molar-refractivity contribution is -0.125. The van der Waals surface area contributed by atoms with Gasteiger partial charge in [-0.15, -0.1) is 10.2 Å². The van der Waals surface area contributed by atoms with Crippen molar-refractivity contribution in [2.45, 2.75) is 22.8 Å². The lowest BCUT2D eigenvalue weighted by Gasteiger charge is -2.32. The van der Waals surface area contributed by atoms with Crippen molar-refractivity contribution in [3.05, 3.63) is 40.9 Å². The van der Waals surface area contributed by atoms with Gasteiger partial charge in [-0.05, 0) is 63.3 Å². The van der Waals surface area contributed by atoms with Crippen LogP contribution < -0.4 is 10.2 Å². The second-order valence-electron chi connectivity index (χ2n) is 7.17. The topological polar surface area (TPSA) is 61.4 Å². The van der Waals surface area contributed by atoms with Gasteiger partial charge in [-0.2, -0.15) is 0 Å². The molecule has 0 unspecified atom stereocenters. The molecule has 2 heterocycles. The molecule has 0 spiro atoms. The summed E-state index contributed by atoms with van der Waals surface area (Å²) in [5, 5.41) is 12.7. The van der Waals surface area contributed by atoms with Crippen LogP contribution in [0.1, 0.15) is 12.8 Å². The average molecular weight is 464 g/mol. The minimum atomic E-state index is 0.00882. The molecule has 1 fully saturated rings. The number of amides is 1. The summed E-state index contributed by atoms with van der Waals surface area (Å²) in [6, 6.07) is 12.1. The molecule has 8 heteroatoms. The predicted octanol–water partition coefficient (Wildman–Crippen LogP) is 3.28. The molecule has 1 saturated heterocycles. The number of nitrogens with one attached hydrogen (secondary N) is 1. The molecule has 6 nitrogen and oxygen atoms in total. The van der Waals surface area contributed by atoms with E-state index in [0.29, 0.717) is 13.1 Å². The Morgan fingerprint density at radius 1 is 1.25 bits per heavy atom. The molecule has 1 aliphatic rings. The number of hydrogen-bond donors (Lipinski definition) is 1. The van der Waals surface area contributed by atoms with Gasteiger partial charge in [0.15, 0.2) is 5.82 Å². The van der Waals surface area contributed by atoms with Crippen molar-refractivity contribution in [3.63, 3.8) is 0 Å². The number of halogens is 1. The zero-order chi connectivity index (χ0) is 19.9. The highest BCUT2D eigenvalue weighted by molar-refractivity contribution is 9.10. The minimum absolute atomic E-state index is 0.00882. The number of likely N-dealkylation sites (N-methyl/N-ethyl adjacent to an activating group) is 1. The largest absolute Gasteiger partial charge is 0.355 e. The average Bonchev–Trinajstić information content (AvgIpc) is 2.70. The van der Waals surface area contributed by atoms with E-state index in [1.807, 2.05) is 38.4 Å². The lowest BCUT2D eigenvalue weighted by Crippen LogP contribution is -2.44. The molecular weight excluding hydrogens is 438 g/mol. The van der Waals surface area contributed by atoms with Crippen LogP contribution in [0.15, 0.2) is 50.8 Å². The summed E-state index contributed by atoms with van der Waals surface area (Å²) in [6.45, 7) is 3.15. The summed E-state index contributed by atoms with van der Waals surface area (Å²) in [5.41, 5.74) is 0. The molecule has 150 valence electrons. The lowest BCUT2D eigenvalue weighted by atomic mass is 9.97. The van der Waals surface area contributed by atoms with Crippen LogP contribution in [0.2, 0.25) is 0 Å². The standard InChI is InChI=1S/C20H26BrN5OS/c1-25(2)13-11-22-20(27)15-4-3-12-26(14-15)18-9-10-19(24-23-18)28-17-7-5-16(21)6-8-17/h5-10,15H,3-4,11-14H2,1-2H3,(H,22,27)/t15-/m0/s1. The van der Waals surface area contributed by atoms with Crippen LogP contribution in [0.5, 0.6) is 0 Å². The van der Waals surface area contributed by atoms with Gasteiger partial charge in [0.25, 0.3) is 0 Å². The third-order valence-corrected chi connectivity index (χ3v) is 6.10. The molecule has 1 atom stereocenters. The van der Waals surface area contributed by atoms with Crippen LogP contribution in [0.3, 0.4) is 0 Å². The normalized spacial score (nSPS) is 17.0. The van der Waals surface area contributed by atoms with Crippen molar-refractivity contribution >= 4 is 39.4 Å². The van der Waals surface area contributed by atoms with E-state index in [-0.39, 0.29) is 11.8 Å². The number of anilines is 1. The van der Waals surface area contributed by atoms with E-state index in [1.54, 1.807) is 11.8 Å². The van der Waals surface area contributed by atoms with Gasteiger partial charge in [-0.1, -0.05) is 27.7 Å². The fraction of sp³-hybridized carbons (Fsp3) is 0.450. The number of rotatable bonds is 7. The van der Waals surface area contributed by atoms with Crippen LogP contribution in [-0.4, -0.2) is 61.3 Å². The second kappa shape index (κ2) is 10.2. The van der Waals surface area contributed by atoms with Crippen LogP contribution in [0.25, 0.3) is 0 Å². The molecule has 0 bridgehead atoms. The summed E-state index contributed by atoms with van der Waals surface area (Å²) in [6.07, 6.45) is 1.91. The zero-order valence-electron chi connectivity index (χ0n) is 16.3. The fourth-order valence-electron chi connectivity index (χ4n) is 3.11. The van der Waals surface area contributed by atoms with Gasteiger partial charge < -0.3 is 15.1 Å². The van der Waals surface area contributed by atoms with Crippen molar-refractivity contribution in [2.75, 3.05) is 45.2 Å². The fourth-order valence-corrected chi connectivity index (χ4v) is 4.10. The number of nitrogens with zero attached hydrogens (tertiary/aromatic N) is 4. The Balaban J connectivity index is 1.55. The number of piperidine rings is 1. The Bertz CT molecular complexity index is 769. The van der Waals surface area contributed by atoms with Crippen molar-refractivity contribution in [1.29, 1.82) is 0 Å². The minimum Gasteiger partial charge on any atom is -0.355 e. The molecule has 1 aromatic heterocycles. The van der Waals surface area contributed by atoms with E-state index in [9.17, 15) is 4.79 Å². The van der Waals surface area contributed by atoms with Crippen LogP contribution in [-0.2, 0) is 4.79 Å². The van der Waals surface area contributed by atoms with Crippen LogP contribution >= 0.6 is 27.7 Å². The number of carbonyl (C=O) groups is 1. The first-order valence-corrected chi connectivity index (χ1v) is 11.1. The summed E-state index contributed by atoms with van der Waals surface area (Å²) >= 11 is 5.03. The van der Waals surface area contributed by atoms with Gasteiger partial charge in [0.05, 0.1) is 5.92 Å². The van der Waals surface area contributed by atoms with E-state index in [4.69, 9.17) is 0 Å². The van der Waals surface area contributed by atoms with Crippen molar-refractivity contribution in [1.82, 2.24) is 20.4 Å². The van der Waals surface area contributed by atoms with E-state index in [1.165, 1.54) is 0 Å². The van der Waals surface area contributed by atoms with E-state index in [2.05, 4.69) is 53.4 Å². The highest BCUT2D eigenvalue weighted by Gasteiger charge is 2.26. The third-order valence-electron chi connectivity index (χ3n) is 4.64. The molecule has 1 amide bonds. The van der Waals surface area contributed by atoms with E-state index in [0.717, 1.165) is 46.1 Å². The summed E-state index contributed by atoms with van der Waals surface area (Å²) in [4.78, 5) is 17.8. The molecule has 1 aliphatic heterocycles. The Morgan fingerprint density at radius 3 is 2.71 bits per heavy atom. The Hall–Kier alpha value is -1.64. The van der Waals surface area contributed by atoms with Gasteiger partial charge in [-0.3, -0.25) is 4.79 Å². The molecule has 1 aromatic carbocycles. The first kappa shape index (κ1) is 21.1. The van der Waals surface area contributed by atoms with Gasteiger partial charge in [0.2, 0.25) is 5.91 Å². The number of hydrogen-bond acceptors (Lipinski definition) is 6. The monoisotopic (exact) mass is 463 g/mol.